The molecular formula is C12H10ClNOS2. The fraction of sp³-hybridized carbons (Fsp3) is 0.0833. The number of thioether (sulfide) groups is 1. The summed E-state index contributed by atoms with van der Waals surface area (Å²) in [7, 11) is 0. The number of hydrogen-bond acceptors (Lipinski definition) is 3. The fourth-order valence-corrected chi connectivity index (χ4v) is 2.84. The molecule has 88 valence electrons. The zero-order chi connectivity index (χ0) is 12.3. The Bertz CT molecular complexity index is 522. The summed E-state index contributed by atoms with van der Waals surface area (Å²) in [6.45, 7) is 0. The monoisotopic (exact) mass is 283 g/mol. The Morgan fingerprint density at radius 3 is 2.53 bits per heavy atom. The van der Waals surface area contributed by atoms with E-state index in [0.717, 1.165) is 9.90 Å². The molecule has 0 aliphatic heterocycles. The van der Waals surface area contributed by atoms with Gasteiger partial charge in [0.2, 0.25) is 0 Å². The number of thiophene rings is 1. The first kappa shape index (κ1) is 12.5. The molecule has 2 nitrogen and oxygen atoms in total. The van der Waals surface area contributed by atoms with Crippen molar-refractivity contribution >= 4 is 46.3 Å². The summed E-state index contributed by atoms with van der Waals surface area (Å²) in [5, 5.41) is 3.48. The zero-order valence-corrected chi connectivity index (χ0v) is 11.5. The molecule has 1 heterocycles. The van der Waals surface area contributed by atoms with Crippen molar-refractivity contribution < 1.29 is 4.79 Å². The van der Waals surface area contributed by atoms with Crippen LogP contribution in [0.2, 0.25) is 5.02 Å². The van der Waals surface area contributed by atoms with Crippen molar-refractivity contribution in [1.29, 1.82) is 0 Å². The molecule has 0 bridgehead atoms. The highest BCUT2D eigenvalue weighted by Gasteiger charge is 2.08. The highest BCUT2D eigenvalue weighted by atomic mass is 35.5. The molecule has 0 unspecified atom stereocenters. The smallest absolute Gasteiger partial charge is 0.265 e. The molecule has 2 rings (SSSR count). The van der Waals surface area contributed by atoms with Crippen LogP contribution < -0.4 is 5.32 Å². The molecule has 1 aromatic carbocycles. The summed E-state index contributed by atoms with van der Waals surface area (Å²) in [6.07, 6.45) is 1.99. The lowest BCUT2D eigenvalue weighted by molar-refractivity contribution is 0.103. The van der Waals surface area contributed by atoms with Crippen LogP contribution in [0, 0.1) is 0 Å². The number of carbonyl (C=O) groups excluding carboxylic acids is 1. The molecule has 0 saturated heterocycles. The van der Waals surface area contributed by atoms with Gasteiger partial charge in [-0.3, -0.25) is 4.79 Å². The van der Waals surface area contributed by atoms with E-state index in [1.807, 2.05) is 18.4 Å². The maximum atomic E-state index is 11.9. The number of amides is 1. The van der Waals surface area contributed by atoms with E-state index in [1.165, 1.54) is 11.3 Å². The van der Waals surface area contributed by atoms with E-state index >= 15 is 0 Å². The van der Waals surface area contributed by atoms with Gasteiger partial charge in [-0.15, -0.1) is 23.1 Å². The molecule has 0 atom stereocenters. The second kappa shape index (κ2) is 5.58. The van der Waals surface area contributed by atoms with Crippen molar-refractivity contribution in [2.45, 2.75) is 4.21 Å². The topological polar surface area (TPSA) is 29.1 Å². The third-order valence-corrected chi connectivity index (χ3v) is 4.53. The Morgan fingerprint density at radius 1 is 1.24 bits per heavy atom. The first-order valence-corrected chi connectivity index (χ1v) is 7.31. The number of carbonyl (C=O) groups is 1. The van der Waals surface area contributed by atoms with Crippen LogP contribution >= 0.6 is 34.7 Å². The zero-order valence-electron chi connectivity index (χ0n) is 9.07. The molecule has 1 amide bonds. The minimum atomic E-state index is -0.0855. The summed E-state index contributed by atoms with van der Waals surface area (Å²) in [4.78, 5) is 12.6. The van der Waals surface area contributed by atoms with Gasteiger partial charge in [0.25, 0.3) is 5.91 Å². The Kier molecular flexibility index (Phi) is 4.10. The molecule has 1 aromatic heterocycles. The van der Waals surface area contributed by atoms with Gasteiger partial charge < -0.3 is 5.32 Å². The molecule has 1 N–H and O–H groups in total. The Labute approximate surface area is 113 Å². The van der Waals surface area contributed by atoms with Crippen LogP contribution in [0.1, 0.15) is 9.67 Å². The van der Waals surface area contributed by atoms with Crippen LogP contribution in [-0.4, -0.2) is 12.2 Å². The van der Waals surface area contributed by atoms with E-state index in [-0.39, 0.29) is 5.91 Å². The second-order valence-corrected chi connectivity index (χ2v) is 5.91. The predicted octanol–water partition coefficient (Wildman–Crippen LogP) is 4.38. The van der Waals surface area contributed by atoms with Crippen molar-refractivity contribution in [3.63, 3.8) is 0 Å². The minimum Gasteiger partial charge on any atom is -0.321 e. The van der Waals surface area contributed by atoms with Gasteiger partial charge in [0.15, 0.2) is 0 Å². The van der Waals surface area contributed by atoms with E-state index < -0.39 is 0 Å². The lowest BCUT2D eigenvalue weighted by atomic mass is 10.3. The van der Waals surface area contributed by atoms with Gasteiger partial charge in [-0.2, -0.15) is 0 Å². The highest BCUT2D eigenvalue weighted by Crippen LogP contribution is 2.25. The van der Waals surface area contributed by atoms with Crippen LogP contribution in [-0.2, 0) is 0 Å². The Balaban J connectivity index is 2.08. The van der Waals surface area contributed by atoms with Gasteiger partial charge >= 0.3 is 0 Å². The molecule has 5 heteroatoms. The summed E-state index contributed by atoms with van der Waals surface area (Å²) >= 11 is 8.90. The standard InChI is InChI=1S/C12H10ClNOS2/c1-16-11-7-6-10(17-11)12(15)14-9-4-2-8(13)3-5-9/h2-7H,1H3,(H,14,15). The fourth-order valence-electron chi connectivity index (χ4n) is 1.28. The maximum Gasteiger partial charge on any atom is 0.265 e. The van der Waals surface area contributed by atoms with E-state index in [2.05, 4.69) is 5.32 Å². The van der Waals surface area contributed by atoms with Gasteiger partial charge in [0.05, 0.1) is 9.09 Å². The first-order valence-electron chi connectivity index (χ1n) is 4.90. The van der Waals surface area contributed by atoms with E-state index in [0.29, 0.717) is 9.90 Å². The van der Waals surface area contributed by atoms with Crippen molar-refractivity contribution in [2.75, 3.05) is 11.6 Å². The minimum absolute atomic E-state index is 0.0855. The lowest BCUT2D eigenvalue weighted by Crippen LogP contribution is -2.09. The van der Waals surface area contributed by atoms with Gasteiger partial charge in [0.1, 0.15) is 0 Å². The predicted molar refractivity (Wildman–Crippen MR) is 75.5 cm³/mol. The van der Waals surface area contributed by atoms with E-state index in [9.17, 15) is 4.79 Å². The highest BCUT2D eigenvalue weighted by molar-refractivity contribution is 8.00. The number of benzene rings is 1. The van der Waals surface area contributed by atoms with Crippen LogP contribution in [0.3, 0.4) is 0 Å². The molecule has 17 heavy (non-hydrogen) atoms. The van der Waals surface area contributed by atoms with Gasteiger partial charge in [0, 0.05) is 10.7 Å². The van der Waals surface area contributed by atoms with Crippen molar-refractivity contribution in [1.82, 2.24) is 0 Å². The maximum absolute atomic E-state index is 11.9. The van der Waals surface area contributed by atoms with Gasteiger partial charge in [-0.1, -0.05) is 11.6 Å². The summed E-state index contributed by atoms with van der Waals surface area (Å²) in [6, 6.07) is 10.8. The third kappa shape index (κ3) is 3.25. The number of rotatable bonds is 3. The van der Waals surface area contributed by atoms with Gasteiger partial charge in [-0.05, 0) is 42.7 Å². The normalized spacial score (nSPS) is 10.2. The summed E-state index contributed by atoms with van der Waals surface area (Å²) < 4.78 is 1.13. The van der Waals surface area contributed by atoms with Crippen molar-refractivity contribution in [3.05, 3.63) is 46.3 Å². The third-order valence-electron chi connectivity index (χ3n) is 2.11. The first-order chi connectivity index (χ1) is 8.19. The Hall–Kier alpha value is -0.970. The lowest BCUT2D eigenvalue weighted by Gasteiger charge is -2.02. The SMILES string of the molecule is CSc1ccc(C(=O)Nc2ccc(Cl)cc2)s1. The molecule has 0 fully saturated rings. The summed E-state index contributed by atoms with van der Waals surface area (Å²) in [5.41, 5.74) is 0.749. The average Bonchev–Trinajstić information content (AvgIpc) is 2.81. The van der Waals surface area contributed by atoms with Crippen molar-refractivity contribution in [3.8, 4) is 0 Å². The molecule has 0 radical (unpaired) electrons. The largest absolute Gasteiger partial charge is 0.321 e. The van der Waals surface area contributed by atoms with E-state index in [1.54, 1.807) is 36.0 Å². The van der Waals surface area contributed by atoms with Crippen molar-refractivity contribution in [2.24, 2.45) is 0 Å². The molecule has 0 aliphatic rings. The number of hydrogen-bond donors (Lipinski definition) is 1. The van der Waals surface area contributed by atoms with E-state index in [4.69, 9.17) is 11.6 Å². The number of nitrogens with one attached hydrogen (secondary N) is 1. The van der Waals surface area contributed by atoms with Crippen LogP contribution in [0.4, 0.5) is 5.69 Å². The van der Waals surface area contributed by atoms with Gasteiger partial charge in [-0.25, -0.2) is 0 Å². The average molecular weight is 284 g/mol. The molecule has 0 saturated carbocycles. The molecule has 0 aliphatic carbocycles. The Morgan fingerprint density at radius 2 is 1.94 bits per heavy atom. The summed E-state index contributed by atoms with van der Waals surface area (Å²) in [5.74, 6) is -0.0855. The second-order valence-electron chi connectivity index (χ2n) is 3.28. The van der Waals surface area contributed by atoms with Crippen LogP contribution in [0.15, 0.2) is 40.6 Å². The number of anilines is 1. The molecule has 0 spiro atoms. The number of halogens is 1. The molecular weight excluding hydrogens is 274 g/mol. The molecule has 2 aromatic rings. The van der Waals surface area contributed by atoms with Crippen LogP contribution in [0.25, 0.3) is 0 Å². The van der Waals surface area contributed by atoms with Crippen LogP contribution in [0.5, 0.6) is 0 Å². The quantitative estimate of drug-likeness (QED) is 0.847.